The van der Waals surface area contributed by atoms with Crippen molar-refractivity contribution in [1.82, 2.24) is 14.8 Å². The average molecular weight is 348 g/mol. The molecule has 0 unspecified atom stereocenters. The van der Waals surface area contributed by atoms with E-state index in [9.17, 15) is 4.39 Å². The van der Waals surface area contributed by atoms with Crippen molar-refractivity contribution in [3.05, 3.63) is 59.4 Å². The second-order valence-electron chi connectivity index (χ2n) is 6.05. The van der Waals surface area contributed by atoms with Crippen LogP contribution >= 0.6 is 11.3 Å². The van der Waals surface area contributed by atoms with E-state index in [0.29, 0.717) is 11.2 Å². The Balaban J connectivity index is 1.87. The molecule has 25 heavy (non-hydrogen) atoms. The number of nitrogens with zero attached hydrogens (tertiary/aromatic N) is 3. The molecule has 4 nitrogen and oxygen atoms in total. The Labute approximate surface area is 146 Å². The van der Waals surface area contributed by atoms with Gasteiger partial charge in [0.25, 0.3) is 0 Å². The van der Waals surface area contributed by atoms with Crippen LogP contribution in [0.4, 0.5) is 10.2 Å². The van der Waals surface area contributed by atoms with Gasteiger partial charge >= 0.3 is 0 Å². The maximum absolute atomic E-state index is 13.6. The molecule has 3 aromatic heterocycles. The van der Waals surface area contributed by atoms with E-state index in [1.807, 2.05) is 6.07 Å². The number of hydrogen-bond acceptors (Lipinski definition) is 4. The molecule has 3 heterocycles. The van der Waals surface area contributed by atoms with E-state index in [0.717, 1.165) is 22.1 Å². The van der Waals surface area contributed by atoms with E-state index >= 15 is 0 Å². The maximum atomic E-state index is 13.6. The monoisotopic (exact) mass is 348 g/mol. The van der Waals surface area contributed by atoms with E-state index in [1.165, 1.54) is 27.1 Å². The quantitative estimate of drug-likeness (QED) is 0.472. The summed E-state index contributed by atoms with van der Waals surface area (Å²) in [6, 6.07) is 12.8. The zero-order chi connectivity index (χ0) is 17.1. The van der Waals surface area contributed by atoms with Crippen LogP contribution in [-0.2, 0) is 0 Å². The Morgan fingerprint density at radius 3 is 2.84 bits per heavy atom. The molecule has 122 valence electrons. The van der Waals surface area contributed by atoms with Crippen molar-refractivity contribution in [2.75, 3.05) is 5.73 Å². The molecule has 5 rings (SSSR count). The number of anilines is 1. The average Bonchev–Trinajstić information content (AvgIpc) is 3.11. The summed E-state index contributed by atoms with van der Waals surface area (Å²) in [4.78, 5) is 5.76. The number of nitrogen functional groups attached to an aromatic ring is 1. The normalized spacial score (nSPS) is 11.8. The molecule has 0 radical (unpaired) electrons. The fraction of sp³-hybridized carbons (Fsp3) is 0.0526. The lowest BCUT2D eigenvalue weighted by molar-refractivity contribution is 0.629. The molecule has 0 aliphatic carbocycles. The highest BCUT2D eigenvalue weighted by Crippen LogP contribution is 2.33. The van der Waals surface area contributed by atoms with Gasteiger partial charge in [0.2, 0.25) is 0 Å². The molecule has 0 saturated carbocycles. The highest BCUT2D eigenvalue weighted by Gasteiger charge is 2.14. The Bertz CT molecular complexity index is 1290. The van der Waals surface area contributed by atoms with E-state index in [4.69, 9.17) is 5.73 Å². The number of aryl methyl sites for hydroxylation is 1. The van der Waals surface area contributed by atoms with E-state index in [-0.39, 0.29) is 5.82 Å². The van der Waals surface area contributed by atoms with E-state index in [1.54, 1.807) is 28.3 Å². The fourth-order valence-corrected chi connectivity index (χ4v) is 4.22. The highest BCUT2D eigenvalue weighted by atomic mass is 32.1. The van der Waals surface area contributed by atoms with Crippen LogP contribution in [-0.4, -0.2) is 14.8 Å². The molecule has 0 aliphatic rings. The fourth-order valence-electron chi connectivity index (χ4n) is 3.28. The van der Waals surface area contributed by atoms with Gasteiger partial charge in [0.15, 0.2) is 5.82 Å². The Morgan fingerprint density at radius 2 is 1.96 bits per heavy atom. The van der Waals surface area contributed by atoms with Gasteiger partial charge in [-0.2, -0.15) is 0 Å². The smallest absolute Gasteiger partial charge is 0.153 e. The molecule has 5 aromatic rings. The van der Waals surface area contributed by atoms with Gasteiger partial charge in [-0.1, -0.05) is 0 Å². The van der Waals surface area contributed by atoms with Gasteiger partial charge < -0.3 is 5.73 Å². The number of pyridine rings is 1. The summed E-state index contributed by atoms with van der Waals surface area (Å²) in [7, 11) is 0. The Hall–Kier alpha value is -2.99. The molecule has 2 N–H and O–H groups in total. The van der Waals surface area contributed by atoms with Crippen LogP contribution in [0.5, 0.6) is 0 Å². The molecular formula is C19H13FN4S. The molecule has 6 heteroatoms. The van der Waals surface area contributed by atoms with Gasteiger partial charge in [-0.3, -0.25) is 4.98 Å². The van der Waals surface area contributed by atoms with E-state index in [2.05, 4.69) is 35.2 Å². The molecule has 0 atom stereocenters. The van der Waals surface area contributed by atoms with Gasteiger partial charge in [0.05, 0.1) is 16.7 Å². The van der Waals surface area contributed by atoms with Gasteiger partial charge in [-0.25, -0.2) is 9.07 Å². The van der Waals surface area contributed by atoms with Crippen molar-refractivity contribution >= 4 is 49.0 Å². The second kappa shape index (κ2) is 5.00. The van der Waals surface area contributed by atoms with E-state index < -0.39 is 0 Å². The van der Waals surface area contributed by atoms with Gasteiger partial charge in [-0.05, 0) is 54.8 Å². The molecule has 0 bridgehead atoms. The predicted octanol–water partition coefficient (Wildman–Crippen LogP) is 4.82. The molecule has 0 fully saturated rings. The third-order valence-electron chi connectivity index (χ3n) is 4.38. The summed E-state index contributed by atoms with van der Waals surface area (Å²) < 4.78 is 16.5. The standard InChI is InChI=1S/C19H13FN4S/c1-10-6-11-7-15-13(9-18(11)25-10)17(4-5-22-15)24-16-3-2-12(20)8-14(16)19(21)23-24/h2-9H,1H3,(H2,21,23). The molecular weight excluding hydrogens is 335 g/mol. The SMILES string of the molecule is Cc1cc2cc3nccc(-n4nc(N)c5cc(F)ccc54)c3cc2s1. The number of aromatic nitrogens is 3. The molecule has 0 aliphatic heterocycles. The number of rotatable bonds is 1. The minimum absolute atomic E-state index is 0.313. The van der Waals surface area contributed by atoms with Crippen molar-refractivity contribution < 1.29 is 4.39 Å². The van der Waals surface area contributed by atoms with Crippen LogP contribution in [0.15, 0.2) is 48.7 Å². The van der Waals surface area contributed by atoms with Gasteiger partial charge in [-0.15, -0.1) is 16.4 Å². The first-order valence-electron chi connectivity index (χ1n) is 7.83. The highest BCUT2D eigenvalue weighted by molar-refractivity contribution is 7.19. The van der Waals surface area contributed by atoms with Crippen LogP contribution < -0.4 is 5.73 Å². The van der Waals surface area contributed by atoms with Crippen LogP contribution in [0.1, 0.15) is 4.88 Å². The minimum atomic E-state index is -0.325. The molecule has 0 saturated heterocycles. The first-order chi connectivity index (χ1) is 12.1. The number of hydrogen-bond donors (Lipinski definition) is 1. The largest absolute Gasteiger partial charge is 0.382 e. The molecule has 0 amide bonds. The summed E-state index contributed by atoms with van der Waals surface area (Å²) in [5.41, 5.74) is 8.56. The summed E-state index contributed by atoms with van der Waals surface area (Å²) in [5.74, 6) is -0.0124. The van der Waals surface area contributed by atoms with Crippen LogP contribution in [0, 0.1) is 12.7 Å². The summed E-state index contributed by atoms with van der Waals surface area (Å²) >= 11 is 1.75. The predicted molar refractivity (Wildman–Crippen MR) is 101 cm³/mol. The van der Waals surface area contributed by atoms with Crippen molar-refractivity contribution in [3.63, 3.8) is 0 Å². The first kappa shape index (κ1) is 14.4. The number of thiophene rings is 1. The Morgan fingerprint density at radius 1 is 1.08 bits per heavy atom. The molecule has 2 aromatic carbocycles. The number of halogens is 1. The lowest BCUT2D eigenvalue weighted by Crippen LogP contribution is -1.99. The van der Waals surface area contributed by atoms with Crippen LogP contribution in [0.25, 0.3) is 37.6 Å². The first-order valence-corrected chi connectivity index (χ1v) is 8.65. The van der Waals surface area contributed by atoms with Crippen molar-refractivity contribution in [2.45, 2.75) is 6.92 Å². The number of nitrogens with two attached hydrogens (primary N) is 1. The number of benzene rings is 2. The number of fused-ring (bicyclic) bond motifs is 3. The lowest BCUT2D eigenvalue weighted by Gasteiger charge is -2.08. The topological polar surface area (TPSA) is 56.7 Å². The zero-order valence-corrected chi connectivity index (χ0v) is 14.1. The van der Waals surface area contributed by atoms with Gasteiger partial charge in [0, 0.05) is 26.5 Å². The summed E-state index contributed by atoms with van der Waals surface area (Å²) in [6.07, 6.45) is 1.76. The van der Waals surface area contributed by atoms with Crippen molar-refractivity contribution in [2.24, 2.45) is 0 Å². The molecule has 0 spiro atoms. The van der Waals surface area contributed by atoms with Crippen LogP contribution in [0.2, 0.25) is 0 Å². The van der Waals surface area contributed by atoms with Gasteiger partial charge in [0.1, 0.15) is 5.82 Å². The maximum Gasteiger partial charge on any atom is 0.153 e. The van der Waals surface area contributed by atoms with Crippen LogP contribution in [0.3, 0.4) is 0 Å². The van der Waals surface area contributed by atoms with Crippen molar-refractivity contribution in [1.29, 1.82) is 0 Å². The Kier molecular flexibility index (Phi) is 2.87. The van der Waals surface area contributed by atoms with Crippen molar-refractivity contribution in [3.8, 4) is 5.69 Å². The summed E-state index contributed by atoms with van der Waals surface area (Å²) in [6.45, 7) is 2.10. The zero-order valence-electron chi connectivity index (χ0n) is 13.3. The second-order valence-corrected chi connectivity index (χ2v) is 7.34. The minimum Gasteiger partial charge on any atom is -0.382 e. The lowest BCUT2D eigenvalue weighted by atomic mass is 10.1. The summed E-state index contributed by atoms with van der Waals surface area (Å²) in [5, 5.41) is 7.23. The third-order valence-corrected chi connectivity index (χ3v) is 5.39. The third kappa shape index (κ3) is 2.11.